The molecule has 3 heterocycles. The van der Waals surface area contributed by atoms with Crippen molar-refractivity contribution < 1.29 is 8.42 Å². The summed E-state index contributed by atoms with van der Waals surface area (Å²) >= 11 is 0. The second-order valence-corrected chi connectivity index (χ2v) is 10.0. The molecule has 0 radical (unpaired) electrons. The predicted octanol–water partition coefficient (Wildman–Crippen LogP) is 3.65. The summed E-state index contributed by atoms with van der Waals surface area (Å²) in [5.74, 6) is 0.852. The maximum Gasteiger partial charge on any atom is 0.243 e. The van der Waals surface area contributed by atoms with E-state index < -0.39 is 10.0 Å². The van der Waals surface area contributed by atoms with E-state index >= 15 is 0 Å². The summed E-state index contributed by atoms with van der Waals surface area (Å²) in [5.41, 5.74) is 2.25. The molecular formula is C22H30N4O2S. The van der Waals surface area contributed by atoms with Gasteiger partial charge in [0.2, 0.25) is 10.0 Å². The number of hydrogen-bond acceptors (Lipinski definition) is 5. The first-order valence-corrected chi connectivity index (χ1v) is 12.0. The molecule has 1 N–H and O–H groups in total. The topological polar surface area (TPSA) is 65.5 Å². The summed E-state index contributed by atoms with van der Waals surface area (Å²) in [6.45, 7) is 5.18. The van der Waals surface area contributed by atoms with Crippen LogP contribution in [0.4, 0.5) is 11.5 Å². The molecule has 156 valence electrons. The highest BCUT2D eigenvalue weighted by molar-refractivity contribution is 7.89. The van der Waals surface area contributed by atoms with Crippen molar-refractivity contribution in [3.63, 3.8) is 0 Å². The maximum atomic E-state index is 13.1. The fraction of sp³-hybridized carbons (Fsp3) is 0.500. The first kappa shape index (κ1) is 20.2. The number of rotatable bonds is 5. The zero-order valence-electron chi connectivity index (χ0n) is 17.0. The third-order valence-corrected chi connectivity index (χ3v) is 7.83. The molecule has 0 atom stereocenters. The molecule has 1 aromatic heterocycles. The number of benzene rings is 1. The Morgan fingerprint density at radius 3 is 2.24 bits per heavy atom. The van der Waals surface area contributed by atoms with Crippen molar-refractivity contribution in [3.05, 3.63) is 48.2 Å². The van der Waals surface area contributed by atoms with Crippen molar-refractivity contribution in [2.24, 2.45) is 0 Å². The molecule has 6 nitrogen and oxygen atoms in total. The molecule has 29 heavy (non-hydrogen) atoms. The smallest absolute Gasteiger partial charge is 0.243 e. The third-order valence-electron chi connectivity index (χ3n) is 5.91. The fourth-order valence-corrected chi connectivity index (χ4v) is 5.60. The van der Waals surface area contributed by atoms with E-state index in [9.17, 15) is 8.42 Å². The van der Waals surface area contributed by atoms with Crippen LogP contribution < -0.4 is 10.2 Å². The normalized spacial score (nSPS) is 19.3. The Balaban J connectivity index is 1.36. The molecule has 4 rings (SSSR count). The lowest BCUT2D eigenvalue weighted by Gasteiger charge is -2.32. The molecule has 2 fully saturated rings. The van der Waals surface area contributed by atoms with Crippen LogP contribution in [0, 0.1) is 6.92 Å². The van der Waals surface area contributed by atoms with Crippen LogP contribution in [0.5, 0.6) is 0 Å². The van der Waals surface area contributed by atoms with Crippen molar-refractivity contribution in [3.8, 4) is 0 Å². The summed E-state index contributed by atoms with van der Waals surface area (Å²) in [4.78, 5) is 7.12. The van der Waals surface area contributed by atoms with Gasteiger partial charge >= 0.3 is 0 Å². The Morgan fingerprint density at radius 1 is 0.931 bits per heavy atom. The monoisotopic (exact) mass is 414 g/mol. The van der Waals surface area contributed by atoms with Gasteiger partial charge in [0, 0.05) is 44.1 Å². The summed E-state index contributed by atoms with van der Waals surface area (Å²) in [7, 11) is -3.44. The highest BCUT2D eigenvalue weighted by Gasteiger charge is 2.29. The number of piperidine rings is 2. The number of aromatic nitrogens is 1. The van der Waals surface area contributed by atoms with E-state index in [2.05, 4.69) is 15.2 Å². The minimum atomic E-state index is -3.44. The SMILES string of the molecule is Cc1ccc(NC2CCN(S(=O)(=O)c3ccc(N4CCCCC4)cc3)CC2)nc1. The maximum absolute atomic E-state index is 13.1. The standard InChI is InChI=1S/C22H30N4O2S/c1-18-5-10-22(23-17-18)24-19-11-15-26(16-12-19)29(27,28)21-8-6-20(7-9-21)25-13-3-2-4-14-25/h5-10,17,19H,2-4,11-16H2,1H3,(H,23,24). The van der Waals surface area contributed by atoms with Crippen LogP contribution in [0.1, 0.15) is 37.7 Å². The zero-order chi connectivity index (χ0) is 20.3. The quantitative estimate of drug-likeness (QED) is 0.809. The molecule has 0 saturated carbocycles. The second kappa shape index (κ2) is 8.71. The number of nitrogens with one attached hydrogen (secondary N) is 1. The largest absolute Gasteiger partial charge is 0.372 e. The van der Waals surface area contributed by atoms with Crippen molar-refractivity contribution in [2.75, 3.05) is 36.4 Å². The fourth-order valence-electron chi connectivity index (χ4n) is 4.13. The summed E-state index contributed by atoms with van der Waals surface area (Å²) in [6.07, 6.45) is 7.10. The number of nitrogens with zero attached hydrogens (tertiary/aromatic N) is 3. The number of aryl methyl sites for hydroxylation is 1. The van der Waals surface area contributed by atoms with Crippen LogP contribution in [0.2, 0.25) is 0 Å². The predicted molar refractivity (Wildman–Crippen MR) is 117 cm³/mol. The number of pyridine rings is 1. The highest BCUT2D eigenvalue weighted by atomic mass is 32.2. The van der Waals surface area contributed by atoms with Crippen LogP contribution in [-0.4, -0.2) is 49.9 Å². The van der Waals surface area contributed by atoms with E-state index in [-0.39, 0.29) is 6.04 Å². The molecule has 0 unspecified atom stereocenters. The Kier molecular flexibility index (Phi) is 6.06. The molecule has 2 saturated heterocycles. The second-order valence-electron chi connectivity index (χ2n) is 8.09. The molecule has 2 aliphatic rings. The minimum absolute atomic E-state index is 0.248. The Morgan fingerprint density at radius 2 is 1.62 bits per heavy atom. The molecular weight excluding hydrogens is 384 g/mol. The highest BCUT2D eigenvalue weighted by Crippen LogP contribution is 2.26. The van der Waals surface area contributed by atoms with Crippen LogP contribution >= 0.6 is 0 Å². The van der Waals surface area contributed by atoms with Crippen molar-refractivity contribution in [1.29, 1.82) is 0 Å². The van der Waals surface area contributed by atoms with Gasteiger partial charge in [-0.2, -0.15) is 4.31 Å². The number of anilines is 2. The van der Waals surface area contributed by atoms with E-state index in [1.54, 1.807) is 16.4 Å². The third kappa shape index (κ3) is 4.73. The van der Waals surface area contributed by atoms with E-state index in [1.807, 2.05) is 37.4 Å². The van der Waals surface area contributed by atoms with Gasteiger partial charge in [0.05, 0.1) is 4.90 Å². The van der Waals surface area contributed by atoms with E-state index in [0.29, 0.717) is 18.0 Å². The number of sulfonamides is 1. The lowest BCUT2D eigenvalue weighted by Crippen LogP contribution is -2.42. The molecule has 2 aliphatic heterocycles. The summed E-state index contributed by atoms with van der Waals surface area (Å²) in [6, 6.07) is 11.7. The van der Waals surface area contributed by atoms with Crippen LogP contribution in [0.15, 0.2) is 47.5 Å². The van der Waals surface area contributed by atoms with Crippen LogP contribution in [0.3, 0.4) is 0 Å². The van der Waals surface area contributed by atoms with Gasteiger partial charge in [-0.25, -0.2) is 13.4 Å². The van der Waals surface area contributed by atoms with Gasteiger partial charge in [0.25, 0.3) is 0 Å². The van der Waals surface area contributed by atoms with Gasteiger partial charge in [-0.3, -0.25) is 0 Å². The van der Waals surface area contributed by atoms with E-state index in [1.165, 1.54) is 19.3 Å². The molecule has 0 amide bonds. The van der Waals surface area contributed by atoms with Crippen LogP contribution in [-0.2, 0) is 10.0 Å². The van der Waals surface area contributed by atoms with Gasteiger partial charge in [-0.1, -0.05) is 6.07 Å². The lowest BCUT2D eigenvalue weighted by molar-refractivity contribution is 0.329. The Bertz CT molecular complexity index is 899. The Labute approximate surface area is 174 Å². The van der Waals surface area contributed by atoms with Crippen molar-refractivity contribution in [2.45, 2.75) is 50.0 Å². The van der Waals surface area contributed by atoms with Gasteiger partial charge < -0.3 is 10.2 Å². The average molecular weight is 415 g/mol. The zero-order valence-corrected chi connectivity index (χ0v) is 17.9. The van der Waals surface area contributed by atoms with E-state index in [4.69, 9.17) is 0 Å². The number of hydrogen-bond donors (Lipinski definition) is 1. The molecule has 2 aromatic rings. The summed E-state index contributed by atoms with van der Waals surface area (Å²) in [5, 5.41) is 3.43. The van der Waals surface area contributed by atoms with Crippen molar-refractivity contribution >= 4 is 21.5 Å². The van der Waals surface area contributed by atoms with Gasteiger partial charge in [-0.05, 0) is 74.9 Å². The molecule has 0 spiro atoms. The first-order chi connectivity index (χ1) is 14.0. The lowest BCUT2D eigenvalue weighted by atomic mass is 10.1. The van der Waals surface area contributed by atoms with Crippen molar-refractivity contribution in [1.82, 2.24) is 9.29 Å². The molecule has 0 aliphatic carbocycles. The average Bonchev–Trinajstić information content (AvgIpc) is 2.76. The first-order valence-electron chi connectivity index (χ1n) is 10.6. The van der Waals surface area contributed by atoms with Gasteiger partial charge in [0.1, 0.15) is 5.82 Å². The molecule has 1 aromatic carbocycles. The van der Waals surface area contributed by atoms with E-state index in [0.717, 1.165) is 43.0 Å². The minimum Gasteiger partial charge on any atom is -0.372 e. The molecule has 0 bridgehead atoms. The molecule has 7 heteroatoms. The Hall–Kier alpha value is -2.12. The van der Waals surface area contributed by atoms with Gasteiger partial charge in [-0.15, -0.1) is 0 Å². The van der Waals surface area contributed by atoms with Crippen LogP contribution in [0.25, 0.3) is 0 Å². The summed E-state index contributed by atoms with van der Waals surface area (Å²) < 4.78 is 27.7. The van der Waals surface area contributed by atoms with Gasteiger partial charge in [0.15, 0.2) is 0 Å².